The van der Waals surface area contributed by atoms with Gasteiger partial charge in [-0.2, -0.15) is 0 Å². The number of benzene rings is 1. The standard InChI is InChI=1S/C12H15F2N3O.ClH/c13-8-1-2-11(10(14)5-8)16-12(18)7-17-4-3-9(15)6-17;/h1-2,5,9H,3-4,6-7,15H2,(H,16,18);1H/t9-;/m0./s1. The molecule has 1 amide bonds. The fourth-order valence-electron chi connectivity index (χ4n) is 1.99. The number of carbonyl (C=O) groups is 1. The number of carbonyl (C=O) groups excluding carboxylic acids is 1. The molecule has 1 saturated heterocycles. The largest absolute Gasteiger partial charge is 0.326 e. The van der Waals surface area contributed by atoms with Gasteiger partial charge in [-0.3, -0.25) is 9.69 Å². The van der Waals surface area contributed by atoms with Gasteiger partial charge in [0.05, 0.1) is 12.2 Å². The number of likely N-dealkylation sites (tertiary alicyclic amines) is 1. The van der Waals surface area contributed by atoms with Gasteiger partial charge in [-0.1, -0.05) is 0 Å². The first-order chi connectivity index (χ1) is 8.54. The Hall–Kier alpha value is -1.24. The van der Waals surface area contributed by atoms with E-state index in [0.29, 0.717) is 6.54 Å². The number of anilines is 1. The molecule has 1 heterocycles. The summed E-state index contributed by atoms with van der Waals surface area (Å²) in [6.45, 7) is 1.60. The van der Waals surface area contributed by atoms with Gasteiger partial charge < -0.3 is 11.1 Å². The maximum absolute atomic E-state index is 13.3. The average Bonchev–Trinajstić information content (AvgIpc) is 2.68. The van der Waals surface area contributed by atoms with Gasteiger partial charge in [0.25, 0.3) is 0 Å². The van der Waals surface area contributed by atoms with Crippen molar-refractivity contribution in [3.63, 3.8) is 0 Å². The highest BCUT2D eigenvalue weighted by molar-refractivity contribution is 5.92. The highest BCUT2D eigenvalue weighted by Crippen LogP contribution is 2.15. The second-order valence-corrected chi connectivity index (χ2v) is 4.46. The Morgan fingerprint density at radius 3 is 2.79 bits per heavy atom. The van der Waals surface area contributed by atoms with Crippen molar-refractivity contribution in [2.24, 2.45) is 5.73 Å². The smallest absolute Gasteiger partial charge is 0.238 e. The number of amides is 1. The van der Waals surface area contributed by atoms with E-state index in [2.05, 4.69) is 5.32 Å². The van der Waals surface area contributed by atoms with Crippen LogP contribution in [0.4, 0.5) is 14.5 Å². The topological polar surface area (TPSA) is 58.4 Å². The fourth-order valence-corrected chi connectivity index (χ4v) is 1.99. The number of halogens is 3. The molecule has 4 nitrogen and oxygen atoms in total. The number of nitrogens with zero attached hydrogens (tertiary/aromatic N) is 1. The fraction of sp³-hybridized carbons (Fsp3) is 0.417. The Bertz CT molecular complexity index is 459. The second-order valence-electron chi connectivity index (χ2n) is 4.46. The van der Waals surface area contributed by atoms with Crippen LogP contribution in [0, 0.1) is 11.6 Å². The Kier molecular flexibility index (Phi) is 5.65. The lowest BCUT2D eigenvalue weighted by Gasteiger charge is -2.14. The summed E-state index contributed by atoms with van der Waals surface area (Å²) < 4.78 is 26.0. The number of nitrogens with one attached hydrogen (secondary N) is 1. The van der Waals surface area contributed by atoms with Gasteiger partial charge in [-0.15, -0.1) is 12.4 Å². The van der Waals surface area contributed by atoms with Crippen LogP contribution < -0.4 is 11.1 Å². The lowest BCUT2D eigenvalue weighted by molar-refractivity contribution is -0.117. The van der Waals surface area contributed by atoms with Gasteiger partial charge in [0.15, 0.2) is 0 Å². The van der Waals surface area contributed by atoms with Gasteiger partial charge in [0, 0.05) is 25.2 Å². The first-order valence-electron chi connectivity index (χ1n) is 5.77. The van der Waals surface area contributed by atoms with E-state index in [4.69, 9.17) is 5.73 Å². The van der Waals surface area contributed by atoms with E-state index in [1.54, 1.807) is 0 Å². The molecule has 3 N–H and O–H groups in total. The van der Waals surface area contributed by atoms with E-state index in [1.165, 1.54) is 6.07 Å². The van der Waals surface area contributed by atoms with Crippen molar-refractivity contribution >= 4 is 24.0 Å². The number of hydrogen-bond acceptors (Lipinski definition) is 3. The Balaban J connectivity index is 0.00000180. The molecule has 106 valence electrons. The minimum Gasteiger partial charge on any atom is -0.326 e. The van der Waals surface area contributed by atoms with Crippen LogP contribution in [0.15, 0.2) is 18.2 Å². The van der Waals surface area contributed by atoms with Gasteiger partial charge >= 0.3 is 0 Å². The maximum Gasteiger partial charge on any atom is 0.238 e. The highest BCUT2D eigenvalue weighted by atomic mass is 35.5. The third-order valence-corrected chi connectivity index (χ3v) is 2.88. The lowest BCUT2D eigenvalue weighted by atomic mass is 10.3. The zero-order valence-corrected chi connectivity index (χ0v) is 11.1. The van der Waals surface area contributed by atoms with Crippen LogP contribution in [0.25, 0.3) is 0 Å². The minimum absolute atomic E-state index is 0. The Labute approximate surface area is 116 Å². The van der Waals surface area contributed by atoms with Crippen molar-refractivity contribution in [3.8, 4) is 0 Å². The van der Waals surface area contributed by atoms with E-state index < -0.39 is 11.6 Å². The van der Waals surface area contributed by atoms with Crippen LogP contribution in [-0.2, 0) is 4.79 Å². The lowest BCUT2D eigenvalue weighted by Crippen LogP contribution is -2.33. The normalized spacial score (nSPS) is 19.0. The molecule has 1 aliphatic heterocycles. The summed E-state index contributed by atoms with van der Waals surface area (Å²) in [5.74, 6) is -1.77. The molecular formula is C12H16ClF2N3O. The van der Waals surface area contributed by atoms with Crippen LogP contribution in [0.3, 0.4) is 0 Å². The third-order valence-electron chi connectivity index (χ3n) is 2.88. The number of rotatable bonds is 3. The van der Waals surface area contributed by atoms with Crippen molar-refractivity contribution in [1.29, 1.82) is 0 Å². The van der Waals surface area contributed by atoms with Crippen molar-refractivity contribution in [2.45, 2.75) is 12.5 Å². The number of nitrogens with two attached hydrogens (primary N) is 1. The summed E-state index contributed by atoms with van der Waals surface area (Å²) in [6.07, 6.45) is 0.859. The number of hydrogen-bond donors (Lipinski definition) is 2. The molecule has 0 saturated carbocycles. The summed E-state index contributed by atoms with van der Waals surface area (Å²) in [5, 5.41) is 2.42. The van der Waals surface area contributed by atoms with Crippen LogP contribution in [0.1, 0.15) is 6.42 Å². The SMILES string of the molecule is Cl.N[C@H]1CCN(CC(=O)Nc2ccc(F)cc2F)C1. The van der Waals surface area contributed by atoms with Crippen molar-refractivity contribution < 1.29 is 13.6 Å². The summed E-state index contributed by atoms with van der Waals surface area (Å²) in [6, 6.07) is 3.14. The zero-order valence-electron chi connectivity index (χ0n) is 10.2. The molecule has 1 fully saturated rings. The van der Waals surface area contributed by atoms with E-state index in [0.717, 1.165) is 25.1 Å². The van der Waals surface area contributed by atoms with E-state index in [-0.39, 0.29) is 36.6 Å². The minimum atomic E-state index is -0.776. The Morgan fingerprint density at radius 2 is 2.21 bits per heavy atom. The molecule has 19 heavy (non-hydrogen) atoms. The monoisotopic (exact) mass is 291 g/mol. The van der Waals surface area contributed by atoms with Crippen molar-refractivity contribution in [3.05, 3.63) is 29.8 Å². The molecule has 2 rings (SSSR count). The molecule has 7 heteroatoms. The van der Waals surface area contributed by atoms with E-state index in [9.17, 15) is 13.6 Å². The quantitative estimate of drug-likeness (QED) is 0.884. The average molecular weight is 292 g/mol. The summed E-state index contributed by atoms with van der Waals surface area (Å²) in [5.41, 5.74) is 5.71. The van der Waals surface area contributed by atoms with Crippen LogP contribution in [-0.4, -0.2) is 36.5 Å². The van der Waals surface area contributed by atoms with Crippen LogP contribution >= 0.6 is 12.4 Å². The summed E-state index contributed by atoms with van der Waals surface area (Å²) in [7, 11) is 0. The molecule has 0 radical (unpaired) electrons. The van der Waals surface area contributed by atoms with Crippen molar-refractivity contribution in [2.75, 3.05) is 25.0 Å². The zero-order chi connectivity index (χ0) is 13.1. The molecule has 0 bridgehead atoms. The van der Waals surface area contributed by atoms with Gasteiger partial charge in [0.1, 0.15) is 11.6 Å². The van der Waals surface area contributed by atoms with Crippen LogP contribution in [0.5, 0.6) is 0 Å². The predicted molar refractivity (Wildman–Crippen MR) is 71.3 cm³/mol. The van der Waals surface area contributed by atoms with Crippen LogP contribution in [0.2, 0.25) is 0 Å². The maximum atomic E-state index is 13.3. The van der Waals surface area contributed by atoms with Crippen molar-refractivity contribution in [1.82, 2.24) is 4.90 Å². The highest BCUT2D eigenvalue weighted by Gasteiger charge is 2.21. The van der Waals surface area contributed by atoms with Gasteiger partial charge in [-0.25, -0.2) is 8.78 Å². The Morgan fingerprint density at radius 1 is 1.47 bits per heavy atom. The molecule has 1 aromatic rings. The third kappa shape index (κ3) is 4.41. The molecular weight excluding hydrogens is 276 g/mol. The molecule has 0 spiro atoms. The second kappa shape index (κ2) is 6.79. The summed E-state index contributed by atoms with van der Waals surface area (Å²) >= 11 is 0. The molecule has 1 aromatic carbocycles. The van der Waals surface area contributed by atoms with E-state index >= 15 is 0 Å². The molecule has 1 aliphatic rings. The first-order valence-corrected chi connectivity index (χ1v) is 5.77. The molecule has 1 atom stereocenters. The summed E-state index contributed by atoms with van der Waals surface area (Å²) in [4.78, 5) is 13.6. The van der Waals surface area contributed by atoms with E-state index in [1.807, 2.05) is 4.90 Å². The molecule has 0 aliphatic carbocycles. The van der Waals surface area contributed by atoms with Gasteiger partial charge in [-0.05, 0) is 18.6 Å². The predicted octanol–water partition coefficient (Wildman–Crippen LogP) is 1.36. The first kappa shape index (κ1) is 15.8. The molecule has 0 aromatic heterocycles. The van der Waals surface area contributed by atoms with Gasteiger partial charge in [0.2, 0.25) is 5.91 Å². The molecule has 0 unspecified atom stereocenters.